The van der Waals surface area contributed by atoms with E-state index in [1.165, 1.54) is 11.3 Å². The van der Waals surface area contributed by atoms with Gasteiger partial charge in [0.05, 0.1) is 0 Å². The van der Waals surface area contributed by atoms with Crippen LogP contribution in [0.4, 0.5) is 24.9 Å². The number of imidazole rings is 1. The molecule has 0 bridgehead atoms. The Labute approximate surface area is 223 Å². The molecule has 2 saturated carbocycles. The van der Waals surface area contributed by atoms with Crippen LogP contribution in [0, 0.1) is 17.8 Å². The van der Waals surface area contributed by atoms with E-state index in [-0.39, 0.29) is 42.3 Å². The van der Waals surface area contributed by atoms with Gasteiger partial charge in [0, 0.05) is 19.1 Å². The zero-order valence-electron chi connectivity index (χ0n) is 22.3. The van der Waals surface area contributed by atoms with Gasteiger partial charge in [-0.3, -0.25) is 0 Å². The van der Waals surface area contributed by atoms with Crippen molar-refractivity contribution in [1.29, 1.82) is 0 Å². The summed E-state index contributed by atoms with van der Waals surface area (Å²) >= 11 is 0. The number of aromatic amines is 1. The van der Waals surface area contributed by atoms with E-state index in [0.717, 1.165) is 38.5 Å². The van der Waals surface area contributed by atoms with Crippen molar-refractivity contribution in [3.63, 3.8) is 0 Å². The summed E-state index contributed by atoms with van der Waals surface area (Å²) in [6, 6.07) is -1.51. The van der Waals surface area contributed by atoms with Gasteiger partial charge in [0.25, 0.3) is 5.89 Å². The van der Waals surface area contributed by atoms with Crippen LogP contribution in [0.15, 0.2) is 9.21 Å². The van der Waals surface area contributed by atoms with Gasteiger partial charge >= 0.3 is 11.9 Å². The minimum Gasteiger partial charge on any atom is -0.384 e. The first-order valence-corrected chi connectivity index (χ1v) is 14.1. The molecule has 212 valence electrons. The third kappa shape index (κ3) is 5.11. The molecule has 2 N–H and O–H groups in total. The lowest BCUT2D eigenvalue weighted by Gasteiger charge is -2.33. The first-order chi connectivity index (χ1) is 18.7. The number of fused-ring (bicyclic) bond motifs is 1. The number of rotatable bonds is 7. The predicted octanol–water partition coefficient (Wildman–Crippen LogP) is 5.13. The number of aromatic nitrogens is 6. The van der Waals surface area contributed by atoms with E-state index in [0.29, 0.717) is 42.1 Å². The normalized spacial score (nSPS) is 25.3. The van der Waals surface area contributed by atoms with Crippen molar-refractivity contribution in [1.82, 2.24) is 29.7 Å². The highest BCUT2D eigenvalue weighted by Crippen LogP contribution is 2.40. The summed E-state index contributed by atoms with van der Waals surface area (Å²) in [5.74, 6) is 1.44. The Morgan fingerprint density at radius 2 is 1.85 bits per heavy atom. The molecule has 3 aliphatic rings. The average molecular weight is 549 g/mol. The minimum atomic E-state index is -4.37. The molecule has 13 heteroatoms. The molecular weight excluding hydrogens is 513 g/mol. The summed E-state index contributed by atoms with van der Waals surface area (Å²) in [5.41, 5.74) is 0.852. The Bertz CT molecular complexity index is 1370. The number of halogens is 3. The number of H-pyrrole nitrogens is 1. The van der Waals surface area contributed by atoms with Crippen LogP contribution in [0.3, 0.4) is 0 Å². The first-order valence-electron chi connectivity index (χ1n) is 14.1. The Morgan fingerprint density at radius 3 is 2.49 bits per heavy atom. The number of nitrogens with zero attached hydrogens (tertiary/aromatic N) is 6. The fraction of sp³-hybridized carbons (Fsp3) is 0.731. The third-order valence-corrected chi connectivity index (χ3v) is 8.90. The van der Waals surface area contributed by atoms with E-state index in [4.69, 9.17) is 14.4 Å². The molecule has 3 aromatic rings. The Kier molecular flexibility index (Phi) is 6.78. The van der Waals surface area contributed by atoms with Gasteiger partial charge in [-0.1, -0.05) is 26.2 Å². The smallest absolute Gasteiger partial charge is 0.384 e. The molecule has 0 unspecified atom stereocenters. The van der Waals surface area contributed by atoms with E-state index in [2.05, 4.69) is 34.3 Å². The predicted molar refractivity (Wildman–Crippen MR) is 139 cm³/mol. The van der Waals surface area contributed by atoms with E-state index < -0.39 is 18.0 Å². The second kappa shape index (κ2) is 10.1. The van der Waals surface area contributed by atoms with E-state index in [1.807, 2.05) is 4.57 Å². The molecule has 3 aromatic heterocycles. The highest BCUT2D eigenvalue weighted by atomic mass is 19.4. The van der Waals surface area contributed by atoms with E-state index in [1.54, 1.807) is 0 Å². The molecule has 10 nitrogen and oxygen atoms in total. The zero-order chi connectivity index (χ0) is 27.3. The fourth-order valence-electron chi connectivity index (χ4n) is 6.33. The second-order valence-corrected chi connectivity index (χ2v) is 11.7. The van der Waals surface area contributed by atoms with Crippen LogP contribution >= 0.6 is 0 Å². The van der Waals surface area contributed by atoms with E-state index in [9.17, 15) is 18.0 Å². The van der Waals surface area contributed by atoms with Crippen molar-refractivity contribution in [2.75, 3.05) is 16.8 Å². The van der Waals surface area contributed by atoms with Crippen LogP contribution in [-0.4, -0.2) is 54.5 Å². The van der Waals surface area contributed by atoms with Crippen molar-refractivity contribution >= 4 is 22.9 Å². The molecule has 6 rings (SSSR count). The maximum Gasteiger partial charge on any atom is 0.434 e. The first kappa shape index (κ1) is 26.1. The topological polar surface area (TPSA) is 118 Å². The zero-order valence-corrected chi connectivity index (χ0v) is 22.3. The molecule has 1 aliphatic heterocycles. The quantitative estimate of drug-likeness (QED) is 0.417. The lowest BCUT2D eigenvalue weighted by atomic mass is 9.80. The molecule has 3 fully saturated rings. The highest BCUT2D eigenvalue weighted by molar-refractivity contribution is 5.87. The maximum absolute atomic E-state index is 14.1. The summed E-state index contributed by atoms with van der Waals surface area (Å²) in [5, 5.41) is 9.62. The average Bonchev–Trinajstić information content (AvgIpc) is 3.57. The molecule has 2 aliphatic carbocycles. The molecule has 0 radical (unpaired) electrons. The molecule has 0 amide bonds. The number of nitrogens with one attached hydrogen (secondary N) is 2. The largest absolute Gasteiger partial charge is 0.434 e. The van der Waals surface area contributed by atoms with Gasteiger partial charge in [-0.15, -0.1) is 5.10 Å². The van der Waals surface area contributed by atoms with Gasteiger partial charge in [0.2, 0.25) is 11.8 Å². The lowest BCUT2D eigenvalue weighted by Crippen LogP contribution is -2.42. The van der Waals surface area contributed by atoms with Gasteiger partial charge in [-0.2, -0.15) is 18.2 Å². The molecule has 4 heterocycles. The number of anilines is 2. The van der Waals surface area contributed by atoms with Crippen molar-refractivity contribution in [3.8, 4) is 11.7 Å². The van der Waals surface area contributed by atoms with Crippen LogP contribution in [0.5, 0.6) is 0 Å². The Morgan fingerprint density at radius 1 is 1.08 bits per heavy atom. The van der Waals surface area contributed by atoms with Crippen molar-refractivity contribution in [3.05, 3.63) is 10.6 Å². The van der Waals surface area contributed by atoms with Gasteiger partial charge in [0.15, 0.2) is 11.5 Å². The number of hydrogen-bond acceptors (Lipinski definition) is 8. The second-order valence-electron chi connectivity index (χ2n) is 11.7. The molecule has 0 aromatic carbocycles. The van der Waals surface area contributed by atoms with Crippen LogP contribution in [0.1, 0.15) is 71.6 Å². The molecule has 1 saturated heterocycles. The third-order valence-electron chi connectivity index (χ3n) is 8.90. The summed E-state index contributed by atoms with van der Waals surface area (Å²) in [7, 11) is 0. The molecule has 39 heavy (non-hydrogen) atoms. The van der Waals surface area contributed by atoms with Gasteiger partial charge in [-0.05, 0) is 63.2 Å². The number of hydrogen-bond donors (Lipinski definition) is 2. The lowest BCUT2D eigenvalue weighted by molar-refractivity contribution is -0.146. The molecule has 0 spiro atoms. The Balaban J connectivity index is 1.50. The summed E-state index contributed by atoms with van der Waals surface area (Å²) < 4.78 is 49.3. The molecular formula is C26H35F3N8O2. The monoisotopic (exact) mass is 548 g/mol. The number of alkyl halides is 3. The van der Waals surface area contributed by atoms with Crippen molar-refractivity contribution < 1.29 is 17.6 Å². The highest BCUT2D eigenvalue weighted by Gasteiger charge is 2.47. The van der Waals surface area contributed by atoms with Crippen molar-refractivity contribution in [2.45, 2.75) is 96.4 Å². The van der Waals surface area contributed by atoms with Crippen LogP contribution in [0.2, 0.25) is 0 Å². The summed E-state index contributed by atoms with van der Waals surface area (Å²) in [6.45, 7) is 5.16. The molecule has 2 atom stereocenters. The Hall–Kier alpha value is -3.12. The van der Waals surface area contributed by atoms with Crippen molar-refractivity contribution in [2.24, 2.45) is 17.8 Å². The van der Waals surface area contributed by atoms with Gasteiger partial charge < -0.3 is 19.2 Å². The van der Waals surface area contributed by atoms with Crippen LogP contribution < -0.4 is 16.0 Å². The summed E-state index contributed by atoms with van der Waals surface area (Å²) in [6.07, 6.45) is 3.73. The minimum absolute atomic E-state index is 0.0345. The standard InChI is InChI=1S/C26H35F3N8O2/c1-14-8-10-16(11-9-14)13-37-19-20(30-15(2)17-5-3-6-17)31-22(23-34-35-25(38)39-23)32-21(19)33-24(37)36-12-4-7-18(36)26(27,28)29/h14-18H,3-13H2,1-2H3,(H,35,38)(H,30,31,32)/t14?,15-,16?,18+/m1/s1. The SMILES string of the molecule is CC1CCC(Cn2c(N3CCC[C@H]3C(F)(F)F)nc3nc(-c4n[nH]c(=O)o4)nc(N[C@H](C)C4CCC4)c32)CC1. The summed E-state index contributed by atoms with van der Waals surface area (Å²) in [4.78, 5) is 27.0. The van der Waals surface area contributed by atoms with E-state index >= 15 is 0 Å². The van der Waals surface area contributed by atoms with Gasteiger partial charge in [-0.25, -0.2) is 19.9 Å². The van der Waals surface area contributed by atoms with Crippen LogP contribution in [-0.2, 0) is 6.54 Å². The van der Waals surface area contributed by atoms with Crippen LogP contribution in [0.25, 0.3) is 22.9 Å². The van der Waals surface area contributed by atoms with Gasteiger partial charge in [0.1, 0.15) is 11.6 Å². The maximum atomic E-state index is 14.1. The fourth-order valence-corrected chi connectivity index (χ4v) is 6.33.